The minimum absolute atomic E-state index is 0.143. The number of unbranched alkanes of at least 4 members (excludes halogenated alkanes) is 1. The van der Waals surface area contributed by atoms with Crippen LogP contribution in [-0.2, 0) is 24.4 Å². The molecular formula is C22H25N7O4. The lowest BCUT2D eigenvalue weighted by atomic mass is 10.3. The van der Waals surface area contributed by atoms with Crippen molar-refractivity contribution in [3.63, 3.8) is 0 Å². The Morgan fingerprint density at radius 2 is 1.97 bits per heavy atom. The molecule has 0 atom stereocenters. The minimum Gasteiger partial charge on any atom is -0.454 e. The Labute approximate surface area is 188 Å². The molecule has 1 N–H and O–H groups in total. The van der Waals surface area contributed by atoms with E-state index in [1.54, 1.807) is 39.8 Å². The summed E-state index contributed by atoms with van der Waals surface area (Å²) in [5.74, 6) is 0.412. The van der Waals surface area contributed by atoms with Crippen molar-refractivity contribution in [2.75, 3.05) is 0 Å². The second kappa shape index (κ2) is 9.63. The van der Waals surface area contributed by atoms with Crippen molar-refractivity contribution < 1.29 is 9.53 Å². The zero-order chi connectivity index (χ0) is 23.4. The van der Waals surface area contributed by atoms with Gasteiger partial charge in [0.1, 0.15) is 12.4 Å². The van der Waals surface area contributed by atoms with E-state index >= 15 is 0 Å². The number of fused-ring (bicyclic) bond motifs is 1. The van der Waals surface area contributed by atoms with Crippen LogP contribution >= 0.6 is 0 Å². The van der Waals surface area contributed by atoms with Crippen molar-refractivity contribution in [1.29, 1.82) is 0 Å². The molecule has 0 radical (unpaired) electrons. The van der Waals surface area contributed by atoms with Gasteiger partial charge in [-0.15, -0.1) is 0 Å². The largest absolute Gasteiger partial charge is 0.454 e. The van der Waals surface area contributed by atoms with Gasteiger partial charge in [-0.2, -0.15) is 5.10 Å². The van der Waals surface area contributed by atoms with E-state index in [2.05, 4.69) is 20.1 Å². The van der Waals surface area contributed by atoms with Crippen molar-refractivity contribution >= 4 is 17.1 Å². The van der Waals surface area contributed by atoms with Gasteiger partial charge in [-0.25, -0.2) is 24.2 Å². The van der Waals surface area contributed by atoms with E-state index in [9.17, 15) is 14.4 Å². The number of carbonyl (C=O) groups excluding carboxylic acids is 1. The van der Waals surface area contributed by atoms with Crippen LogP contribution in [0.3, 0.4) is 0 Å². The number of pyridine rings is 1. The number of carbonyl (C=O) groups is 1. The van der Waals surface area contributed by atoms with E-state index in [0.717, 1.165) is 19.3 Å². The van der Waals surface area contributed by atoms with Gasteiger partial charge in [0.05, 0.1) is 5.56 Å². The van der Waals surface area contributed by atoms with Crippen LogP contribution in [-0.4, -0.2) is 39.8 Å². The second-order valence-corrected chi connectivity index (χ2v) is 7.55. The number of hydrogen-bond donors (Lipinski definition) is 1. The number of imidazole rings is 1. The summed E-state index contributed by atoms with van der Waals surface area (Å²) < 4.78 is 10.2. The molecule has 0 aliphatic carbocycles. The highest BCUT2D eigenvalue weighted by Crippen LogP contribution is 2.15. The van der Waals surface area contributed by atoms with Crippen molar-refractivity contribution in [1.82, 2.24) is 33.9 Å². The van der Waals surface area contributed by atoms with Gasteiger partial charge >= 0.3 is 11.7 Å². The van der Waals surface area contributed by atoms with Gasteiger partial charge in [0.15, 0.2) is 17.0 Å². The Kier molecular flexibility index (Phi) is 6.48. The summed E-state index contributed by atoms with van der Waals surface area (Å²) in [4.78, 5) is 48.7. The maximum Gasteiger partial charge on any atom is 0.340 e. The van der Waals surface area contributed by atoms with Crippen LogP contribution in [0.15, 0.2) is 46.4 Å². The fourth-order valence-electron chi connectivity index (χ4n) is 3.58. The Hall–Kier alpha value is -4.02. The standard InChI is InChI=1S/C22H25N7O4/c1-3-5-11-28-19-18(20(30)26-22(28)32)27(10-4-2)17(25-19)14-33-21(31)15-7-8-16(23-13-15)29-12-6-9-24-29/h6-9,12-13H,3-5,10-11,14H2,1-2H3,(H,26,30,32). The van der Waals surface area contributed by atoms with Gasteiger partial charge in [-0.05, 0) is 31.0 Å². The number of rotatable bonds is 9. The van der Waals surface area contributed by atoms with E-state index in [1.165, 1.54) is 10.8 Å². The summed E-state index contributed by atoms with van der Waals surface area (Å²) >= 11 is 0. The first-order valence-electron chi connectivity index (χ1n) is 10.9. The van der Waals surface area contributed by atoms with Crippen LogP contribution in [0.25, 0.3) is 17.0 Å². The van der Waals surface area contributed by atoms with Crippen LogP contribution in [0.2, 0.25) is 0 Å². The number of ether oxygens (including phenoxy) is 1. The predicted octanol–water partition coefficient (Wildman–Crippen LogP) is 2.03. The molecular weight excluding hydrogens is 426 g/mol. The van der Waals surface area contributed by atoms with Gasteiger partial charge in [0, 0.05) is 31.7 Å². The number of esters is 1. The molecule has 0 spiro atoms. The lowest BCUT2D eigenvalue weighted by molar-refractivity contribution is 0.0458. The zero-order valence-corrected chi connectivity index (χ0v) is 18.5. The highest BCUT2D eigenvalue weighted by atomic mass is 16.5. The smallest absolute Gasteiger partial charge is 0.340 e. The molecule has 4 heterocycles. The van der Waals surface area contributed by atoms with E-state index in [0.29, 0.717) is 35.9 Å². The number of nitrogens with one attached hydrogen (secondary N) is 1. The van der Waals surface area contributed by atoms with Gasteiger partial charge in [-0.1, -0.05) is 20.3 Å². The second-order valence-electron chi connectivity index (χ2n) is 7.55. The molecule has 4 aromatic rings. The van der Waals surface area contributed by atoms with Crippen molar-refractivity contribution in [3.8, 4) is 5.82 Å². The molecule has 0 fully saturated rings. The van der Waals surface area contributed by atoms with Gasteiger partial charge in [0.2, 0.25) is 0 Å². The topological polar surface area (TPSA) is 130 Å². The van der Waals surface area contributed by atoms with E-state index < -0.39 is 17.2 Å². The van der Waals surface area contributed by atoms with Crippen molar-refractivity contribution in [3.05, 3.63) is 69.0 Å². The first-order chi connectivity index (χ1) is 16.0. The maximum atomic E-state index is 12.6. The van der Waals surface area contributed by atoms with Gasteiger partial charge in [-0.3, -0.25) is 14.3 Å². The number of aromatic amines is 1. The van der Waals surface area contributed by atoms with Gasteiger partial charge < -0.3 is 9.30 Å². The zero-order valence-electron chi connectivity index (χ0n) is 18.5. The molecule has 0 saturated carbocycles. The third-order valence-electron chi connectivity index (χ3n) is 5.20. The minimum atomic E-state index is -0.568. The van der Waals surface area contributed by atoms with Crippen LogP contribution < -0.4 is 11.2 Å². The molecule has 0 amide bonds. The van der Waals surface area contributed by atoms with E-state index in [4.69, 9.17) is 4.74 Å². The van der Waals surface area contributed by atoms with E-state index in [-0.39, 0.29) is 12.2 Å². The Bertz CT molecular complexity index is 1370. The van der Waals surface area contributed by atoms with Crippen LogP contribution in [0, 0.1) is 0 Å². The van der Waals surface area contributed by atoms with Crippen LogP contribution in [0.1, 0.15) is 49.3 Å². The molecule has 0 bridgehead atoms. The van der Waals surface area contributed by atoms with E-state index in [1.807, 2.05) is 13.8 Å². The Morgan fingerprint density at radius 1 is 1.12 bits per heavy atom. The van der Waals surface area contributed by atoms with Gasteiger partial charge in [0.25, 0.3) is 5.56 Å². The Balaban J connectivity index is 1.60. The maximum absolute atomic E-state index is 12.6. The summed E-state index contributed by atoms with van der Waals surface area (Å²) in [6.45, 7) is 4.79. The molecule has 0 aliphatic heterocycles. The number of aromatic nitrogens is 7. The Morgan fingerprint density at radius 3 is 2.64 bits per heavy atom. The summed E-state index contributed by atoms with van der Waals surface area (Å²) in [5, 5.41) is 4.10. The molecule has 4 rings (SSSR count). The third kappa shape index (κ3) is 4.47. The molecule has 33 heavy (non-hydrogen) atoms. The molecule has 0 saturated heterocycles. The monoisotopic (exact) mass is 451 g/mol. The lowest BCUT2D eigenvalue weighted by Gasteiger charge is -2.09. The first kappa shape index (κ1) is 22.2. The molecule has 4 aromatic heterocycles. The summed E-state index contributed by atoms with van der Waals surface area (Å²) in [6, 6.07) is 5.05. The fourth-order valence-corrected chi connectivity index (χ4v) is 3.58. The third-order valence-corrected chi connectivity index (χ3v) is 5.20. The summed E-state index contributed by atoms with van der Waals surface area (Å²) in [5.41, 5.74) is -0.0961. The fraction of sp³-hybridized carbons (Fsp3) is 0.364. The normalized spacial score (nSPS) is 11.2. The molecule has 11 nitrogen and oxygen atoms in total. The van der Waals surface area contributed by atoms with Crippen molar-refractivity contribution in [2.24, 2.45) is 0 Å². The highest BCUT2D eigenvalue weighted by Gasteiger charge is 2.19. The average Bonchev–Trinajstić information content (AvgIpc) is 3.47. The molecule has 172 valence electrons. The average molecular weight is 451 g/mol. The quantitative estimate of drug-likeness (QED) is 0.385. The summed E-state index contributed by atoms with van der Waals surface area (Å²) in [6.07, 6.45) is 7.20. The lowest BCUT2D eigenvalue weighted by Crippen LogP contribution is -2.31. The number of nitrogens with zero attached hydrogens (tertiary/aromatic N) is 6. The molecule has 0 aliphatic rings. The van der Waals surface area contributed by atoms with Crippen LogP contribution in [0.4, 0.5) is 0 Å². The predicted molar refractivity (Wildman–Crippen MR) is 120 cm³/mol. The molecule has 0 aromatic carbocycles. The van der Waals surface area contributed by atoms with Crippen molar-refractivity contribution in [2.45, 2.75) is 52.8 Å². The van der Waals surface area contributed by atoms with Crippen LogP contribution in [0.5, 0.6) is 0 Å². The number of hydrogen-bond acceptors (Lipinski definition) is 7. The first-order valence-corrected chi connectivity index (χ1v) is 10.9. The molecule has 0 unspecified atom stereocenters. The highest BCUT2D eigenvalue weighted by molar-refractivity contribution is 5.89. The summed E-state index contributed by atoms with van der Waals surface area (Å²) in [7, 11) is 0. The number of aryl methyl sites for hydroxylation is 2. The SMILES string of the molecule is CCCCn1c(=O)[nH]c(=O)c2c1nc(COC(=O)c1ccc(-n3cccn3)nc1)n2CCC. The number of H-pyrrole nitrogens is 1. The molecule has 11 heteroatoms.